The van der Waals surface area contributed by atoms with Crippen LogP contribution in [0.5, 0.6) is 0 Å². The molecule has 0 aliphatic heterocycles. The predicted molar refractivity (Wildman–Crippen MR) is 53.7 cm³/mol. The van der Waals surface area contributed by atoms with Gasteiger partial charge in [-0.1, -0.05) is 6.92 Å². The van der Waals surface area contributed by atoms with E-state index in [1.165, 1.54) is 6.92 Å². The molecule has 0 aromatic heterocycles. The molecule has 0 aliphatic carbocycles. The lowest BCUT2D eigenvalue weighted by Gasteiger charge is -2.18. The average molecular weight is 271 g/mol. The third-order valence-corrected chi connectivity index (χ3v) is 2.54. The zero-order chi connectivity index (χ0) is 14.1. The quantitative estimate of drug-likeness (QED) is 0.814. The highest BCUT2D eigenvalue weighted by molar-refractivity contribution is 5.41. The number of hydrogen-bond donors (Lipinski definition) is 1. The van der Waals surface area contributed by atoms with Crippen molar-refractivity contribution in [3.8, 4) is 0 Å². The van der Waals surface area contributed by atoms with E-state index in [0.29, 0.717) is 12.1 Å². The summed E-state index contributed by atoms with van der Waals surface area (Å²) in [6.45, 7) is 0.773. The van der Waals surface area contributed by atoms with E-state index >= 15 is 0 Å². The molecule has 102 valence electrons. The van der Waals surface area contributed by atoms with Gasteiger partial charge < -0.3 is 5.73 Å². The van der Waals surface area contributed by atoms with Gasteiger partial charge in [0.25, 0.3) is 0 Å². The molecule has 0 saturated carbocycles. The van der Waals surface area contributed by atoms with Gasteiger partial charge in [0.05, 0.1) is 11.1 Å². The minimum absolute atomic E-state index is 0.136. The van der Waals surface area contributed by atoms with Crippen LogP contribution in [-0.4, -0.2) is 0 Å². The SMILES string of the molecule is CCc1cc(C(F)(F)F)c(CN)cc1C(F)(F)F. The normalized spacial score (nSPS) is 12.9. The number of alkyl halides is 6. The maximum atomic E-state index is 12.7. The summed E-state index contributed by atoms with van der Waals surface area (Å²) in [6, 6.07) is 1.02. The molecule has 0 spiro atoms. The Hall–Kier alpha value is -1.24. The van der Waals surface area contributed by atoms with Crippen molar-refractivity contribution in [2.45, 2.75) is 32.2 Å². The third kappa shape index (κ3) is 2.95. The van der Waals surface area contributed by atoms with Crippen molar-refractivity contribution in [2.24, 2.45) is 5.73 Å². The van der Waals surface area contributed by atoms with E-state index in [-0.39, 0.29) is 12.0 Å². The van der Waals surface area contributed by atoms with Gasteiger partial charge in [0.2, 0.25) is 0 Å². The number of halogens is 6. The third-order valence-electron chi connectivity index (χ3n) is 2.54. The Morgan fingerprint density at radius 2 is 1.28 bits per heavy atom. The summed E-state index contributed by atoms with van der Waals surface area (Å²) in [5.74, 6) is 0. The summed E-state index contributed by atoms with van der Waals surface area (Å²) < 4.78 is 75.9. The van der Waals surface area contributed by atoms with E-state index < -0.39 is 35.6 Å². The lowest BCUT2D eigenvalue weighted by Crippen LogP contribution is -2.17. The van der Waals surface area contributed by atoms with Crippen molar-refractivity contribution >= 4 is 0 Å². The van der Waals surface area contributed by atoms with Crippen molar-refractivity contribution in [3.63, 3.8) is 0 Å². The fraction of sp³-hybridized carbons (Fsp3) is 0.455. The summed E-state index contributed by atoms with van der Waals surface area (Å²) in [5, 5.41) is 0. The molecular weight excluding hydrogens is 260 g/mol. The maximum absolute atomic E-state index is 12.7. The van der Waals surface area contributed by atoms with E-state index in [9.17, 15) is 26.3 Å². The molecule has 0 saturated heterocycles. The maximum Gasteiger partial charge on any atom is 0.416 e. The Bertz CT molecular complexity index is 391. The van der Waals surface area contributed by atoms with Gasteiger partial charge >= 0.3 is 12.4 Å². The van der Waals surface area contributed by atoms with Crippen LogP contribution in [-0.2, 0) is 25.3 Å². The number of rotatable bonds is 2. The van der Waals surface area contributed by atoms with E-state index in [4.69, 9.17) is 5.73 Å². The molecule has 7 heteroatoms. The van der Waals surface area contributed by atoms with Crippen molar-refractivity contribution in [2.75, 3.05) is 0 Å². The molecule has 0 atom stereocenters. The van der Waals surface area contributed by atoms with Crippen LogP contribution in [0.3, 0.4) is 0 Å². The van der Waals surface area contributed by atoms with Crippen molar-refractivity contribution in [1.29, 1.82) is 0 Å². The zero-order valence-electron chi connectivity index (χ0n) is 9.41. The molecule has 18 heavy (non-hydrogen) atoms. The summed E-state index contributed by atoms with van der Waals surface area (Å²) in [5.41, 5.74) is 1.99. The molecule has 0 bridgehead atoms. The molecule has 0 radical (unpaired) electrons. The second kappa shape index (κ2) is 4.79. The van der Waals surface area contributed by atoms with Gasteiger partial charge in [0.15, 0.2) is 0 Å². The highest BCUT2D eigenvalue weighted by Gasteiger charge is 2.38. The fourth-order valence-electron chi connectivity index (χ4n) is 1.68. The predicted octanol–water partition coefficient (Wildman–Crippen LogP) is 3.75. The van der Waals surface area contributed by atoms with Crippen LogP contribution in [0.2, 0.25) is 0 Å². The van der Waals surface area contributed by atoms with Crippen LogP contribution in [0.25, 0.3) is 0 Å². The van der Waals surface area contributed by atoms with E-state index in [1.807, 2.05) is 0 Å². The van der Waals surface area contributed by atoms with Crippen LogP contribution in [0.4, 0.5) is 26.3 Å². The summed E-state index contributed by atoms with van der Waals surface area (Å²) >= 11 is 0. The number of hydrogen-bond acceptors (Lipinski definition) is 1. The first-order valence-corrected chi connectivity index (χ1v) is 5.11. The molecule has 2 N–H and O–H groups in total. The Morgan fingerprint density at radius 3 is 1.61 bits per heavy atom. The second-order valence-electron chi connectivity index (χ2n) is 3.72. The minimum atomic E-state index is -4.71. The van der Waals surface area contributed by atoms with Crippen LogP contribution in [0, 0.1) is 0 Å². The first-order chi connectivity index (χ1) is 8.11. The number of benzene rings is 1. The first-order valence-electron chi connectivity index (χ1n) is 5.11. The van der Waals surface area contributed by atoms with Gasteiger partial charge in [-0.3, -0.25) is 0 Å². The van der Waals surface area contributed by atoms with Crippen molar-refractivity contribution < 1.29 is 26.3 Å². The summed E-state index contributed by atoms with van der Waals surface area (Å²) in [6.07, 6.45) is -9.52. The van der Waals surface area contributed by atoms with Gasteiger partial charge in [-0.2, -0.15) is 26.3 Å². The minimum Gasteiger partial charge on any atom is -0.326 e. The topological polar surface area (TPSA) is 26.0 Å². The van der Waals surface area contributed by atoms with E-state index in [0.717, 1.165) is 0 Å². The molecule has 0 aliphatic rings. The lowest BCUT2D eigenvalue weighted by atomic mass is 9.96. The summed E-state index contributed by atoms with van der Waals surface area (Å²) in [4.78, 5) is 0. The van der Waals surface area contributed by atoms with Gasteiger partial charge in [-0.25, -0.2) is 0 Å². The molecule has 1 aromatic rings. The molecule has 0 heterocycles. The largest absolute Gasteiger partial charge is 0.416 e. The Kier molecular flexibility index (Phi) is 3.95. The number of nitrogens with two attached hydrogens (primary N) is 1. The van der Waals surface area contributed by atoms with Crippen LogP contribution in [0.1, 0.15) is 29.2 Å². The first kappa shape index (κ1) is 14.8. The Labute approximate surface area is 99.6 Å². The molecule has 1 aromatic carbocycles. The second-order valence-corrected chi connectivity index (χ2v) is 3.72. The Morgan fingerprint density at radius 1 is 0.889 bits per heavy atom. The monoisotopic (exact) mass is 271 g/mol. The average Bonchev–Trinajstić information content (AvgIpc) is 2.24. The smallest absolute Gasteiger partial charge is 0.326 e. The van der Waals surface area contributed by atoms with Gasteiger partial charge in [0.1, 0.15) is 0 Å². The van der Waals surface area contributed by atoms with Crippen molar-refractivity contribution in [1.82, 2.24) is 0 Å². The van der Waals surface area contributed by atoms with Gasteiger partial charge in [0, 0.05) is 6.54 Å². The zero-order valence-corrected chi connectivity index (χ0v) is 9.41. The molecule has 0 fully saturated rings. The van der Waals surface area contributed by atoms with Crippen LogP contribution < -0.4 is 5.73 Å². The highest BCUT2D eigenvalue weighted by atomic mass is 19.4. The fourth-order valence-corrected chi connectivity index (χ4v) is 1.68. The molecule has 1 rings (SSSR count). The standard InChI is InChI=1S/C11H11F6N/c1-2-6-3-9(11(15,16)17)7(5-18)4-8(6)10(12,13)14/h3-4H,2,5,18H2,1H3. The number of aryl methyl sites for hydroxylation is 1. The highest BCUT2D eigenvalue weighted by Crippen LogP contribution is 2.38. The van der Waals surface area contributed by atoms with Crippen LogP contribution in [0.15, 0.2) is 12.1 Å². The van der Waals surface area contributed by atoms with E-state index in [1.54, 1.807) is 0 Å². The molecule has 1 nitrogen and oxygen atoms in total. The lowest BCUT2D eigenvalue weighted by molar-refractivity contribution is -0.142. The van der Waals surface area contributed by atoms with Gasteiger partial charge in [-0.15, -0.1) is 0 Å². The van der Waals surface area contributed by atoms with Crippen molar-refractivity contribution in [3.05, 3.63) is 34.4 Å². The molecule has 0 amide bonds. The molecular formula is C11H11F6N. The van der Waals surface area contributed by atoms with E-state index in [2.05, 4.69) is 0 Å². The van der Waals surface area contributed by atoms with Gasteiger partial charge in [-0.05, 0) is 29.7 Å². The summed E-state index contributed by atoms with van der Waals surface area (Å²) in [7, 11) is 0. The Balaban J connectivity index is 3.52. The van der Waals surface area contributed by atoms with Crippen LogP contribution >= 0.6 is 0 Å². The molecule has 0 unspecified atom stereocenters.